The number of ketones is 1. The predicted octanol–water partition coefficient (Wildman–Crippen LogP) is 1.62. The number of carbonyl (C=O) groups is 1. The topological polar surface area (TPSA) is 17.1 Å². The molecule has 2 saturated carbocycles. The Balaban J connectivity index is 2.16. The molecule has 0 unspecified atom stereocenters. The Morgan fingerprint density at radius 3 is 2.44 bits per heavy atom. The molecular weight excluding hydrogens is 112 g/mol. The average molecular weight is 124 g/mol. The quantitative estimate of drug-likeness (QED) is 0.479. The van der Waals surface area contributed by atoms with Crippen molar-refractivity contribution in [3.63, 3.8) is 0 Å². The largest absolute Gasteiger partial charge is 0.299 e. The molecule has 50 valence electrons. The van der Waals surface area contributed by atoms with Crippen LogP contribution in [0.3, 0.4) is 0 Å². The number of hydrogen-bond donors (Lipinski definition) is 0. The highest BCUT2D eigenvalue weighted by molar-refractivity contribution is 5.83. The van der Waals surface area contributed by atoms with Gasteiger partial charge >= 0.3 is 0 Å². The van der Waals surface area contributed by atoms with Crippen LogP contribution >= 0.6 is 0 Å². The summed E-state index contributed by atoms with van der Waals surface area (Å²) in [4.78, 5) is 11.0. The normalized spacial score (nSPS) is 48.6. The molecule has 0 radical (unpaired) electrons. The SMILES string of the molecule is C[C@H]1C(=O)C[C@@H]2CC[C@@H]21. The van der Waals surface area contributed by atoms with Crippen LogP contribution in [-0.4, -0.2) is 5.78 Å². The van der Waals surface area contributed by atoms with Gasteiger partial charge in [0.2, 0.25) is 0 Å². The van der Waals surface area contributed by atoms with E-state index in [-0.39, 0.29) is 0 Å². The van der Waals surface area contributed by atoms with Crippen molar-refractivity contribution in [1.82, 2.24) is 0 Å². The van der Waals surface area contributed by atoms with Crippen LogP contribution in [0.25, 0.3) is 0 Å². The second-order valence-corrected chi connectivity index (χ2v) is 3.46. The Bertz CT molecular complexity index is 151. The van der Waals surface area contributed by atoms with Crippen LogP contribution in [0.5, 0.6) is 0 Å². The highest BCUT2D eigenvalue weighted by Gasteiger charge is 2.44. The molecular formula is C8H12O. The molecule has 0 aliphatic heterocycles. The third-order valence-corrected chi connectivity index (χ3v) is 3.09. The van der Waals surface area contributed by atoms with Gasteiger partial charge in [0, 0.05) is 12.3 Å². The Labute approximate surface area is 55.4 Å². The van der Waals surface area contributed by atoms with Crippen LogP contribution in [0.4, 0.5) is 0 Å². The summed E-state index contributed by atoms with van der Waals surface area (Å²) in [5.74, 6) is 2.51. The molecule has 0 heterocycles. The number of fused-ring (bicyclic) bond motifs is 1. The fraction of sp³-hybridized carbons (Fsp3) is 0.875. The summed E-state index contributed by atoms with van der Waals surface area (Å²) in [7, 11) is 0. The summed E-state index contributed by atoms with van der Waals surface area (Å²) in [5, 5.41) is 0. The maximum atomic E-state index is 11.0. The Kier molecular flexibility index (Phi) is 0.961. The van der Waals surface area contributed by atoms with E-state index in [1.165, 1.54) is 12.8 Å². The van der Waals surface area contributed by atoms with Crippen LogP contribution in [0, 0.1) is 17.8 Å². The van der Waals surface area contributed by atoms with E-state index in [0.717, 1.165) is 18.3 Å². The van der Waals surface area contributed by atoms with Crippen molar-refractivity contribution in [2.24, 2.45) is 17.8 Å². The van der Waals surface area contributed by atoms with Crippen molar-refractivity contribution in [2.75, 3.05) is 0 Å². The van der Waals surface area contributed by atoms with E-state index in [1.54, 1.807) is 0 Å². The van der Waals surface area contributed by atoms with Crippen molar-refractivity contribution in [3.05, 3.63) is 0 Å². The molecule has 0 N–H and O–H groups in total. The highest BCUT2D eigenvalue weighted by atomic mass is 16.1. The lowest BCUT2D eigenvalue weighted by molar-refractivity contribution is -0.120. The summed E-state index contributed by atoms with van der Waals surface area (Å²) in [6.45, 7) is 2.09. The fourth-order valence-electron chi connectivity index (χ4n) is 2.19. The van der Waals surface area contributed by atoms with Crippen molar-refractivity contribution >= 4 is 5.78 Å². The van der Waals surface area contributed by atoms with Gasteiger partial charge in [-0.15, -0.1) is 0 Å². The van der Waals surface area contributed by atoms with Gasteiger partial charge in [0.15, 0.2) is 0 Å². The molecule has 2 aliphatic rings. The third-order valence-electron chi connectivity index (χ3n) is 3.09. The van der Waals surface area contributed by atoms with Gasteiger partial charge in [0.1, 0.15) is 5.78 Å². The van der Waals surface area contributed by atoms with Gasteiger partial charge < -0.3 is 0 Å². The lowest BCUT2D eigenvalue weighted by atomic mass is 9.73. The summed E-state index contributed by atoms with van der Waals surface area (Å²) in [5.41, 5.74) is 0. The second-order valence-electron chi connectivity index (χ2n) is 3.46. The van der Waals surface area contributed by atoms with Crippen LogP contribution in [0.1, 0.15) is 26.2 Å². The average Bonchev–Trinajstić information content (AvgIpc) is 1.92. The van der Waals surface area contributed by atoms with Crippen molar-refractivity contribution < 1.29 is 4.79 Å². The minimum atomic E-state index is 0.406. The molecule has 0 aromatic rings. The molecule has 0 saturated heterocycles. The minimum absolute atomic E-state index is 0.406. The van der Waals surface area contributed by atoms with Gasteiger partial charge in [-0.3, -0.25) is 4.79 Å². The first-order chi connectivity index (χ1) is 4.29. The Hall–Kier alpha value is -0.330. The molecule has 2 rings (SSSR count). The highest BCUT2D eigenvalue weighted by Crippen LogP contribution is 2.48. The Morgan fingerprint density at radius 1 is 1.44 bits per heavy atom. The Morgan fingerprint density at radius 2 is 2.22 bits per heavy atom. The van der Waals surface area contributed by atoms with E-state index < -0.39 is 0 Å². The molecule has 0 aromatic heterocycles. The molecule has 1 nitrogen and oxygen atoms in total. The number of carbonyl (C=O) groups excluding carboxylic acids is 1. The summed E-state index contributed by atoms with van der Waals surface area (Å²) < 4.78 is 0. The lowest BCUT2D eigenvalue weighted by Gasteiger charge is -2.31. The molecule has 0 amide bonds. The third kappa shape index (κ3) is 0.577. The zero-order valence-corrected chi connectivity index (χ0v) is 5.76. The first-order valence-corrected chi connectivity index (χ1v) is 3.82. The number of Topliss-reactive ketones (excluding diaryl/α,β-unsaturated/α-hetero) is 1. The maximum absolute atomic E-state index is 11.0. The van der Waals surface area contributed by atoms with Crippen LogP contribution in [-0.2, 0) is 4.79 Å². The first kappa shape index (κ1) is 5.45. The molecule has 2 fully saturated rings. The van der Waals surface area contributed by atoms with Crippen LogP contribution in [0.2, 0.25) is 0 Å². The van der Waals surface area contributed by atoms with Gasteiger partial charge in [-0.1, -0.05) is 6.92 Å². The molecule has 0 bridgehead atoms. The summed E-state index contributed by atoms with van der Waals surface area (Å²) in [6.07, 6.45) is 3.53. The zero-order chi connectivity index (χ0) is 6.43. The van der Waals surface area contributed by atoms with Gasteiger partial charge in [0.25, 0.3) is 0 Å². The number of hydrogen-bond acceptors (Lipinski definition) is 1. The molecule has 0 spiro atoms. The van der Waals surface area contributed by atoms with E-state index in [2.05, 4.69) is 6.92 Å². The van der Waals surface area contributed by atoms with Crippen molar-refractivity contribution in [2.45, 2.75) is 26.2 Å². The van der Waals surface area contributed by atoms with E-state index in [0.29, 0.717) is 11.7 Å². The first-order valence-electron chi connectivity index (χ1n) is 3.82. The van der Waals surface area contributed by atoms with Gasteiger partial charge in [0.05, 0.1) is 0 Å². The van der Waals surface area contributed by atoms with Gasteiger partial charge in [-0.25, -0.2) is 0 Å². The van der Waals surface area contributed by atoms with Crippen LogP contribution < -0.4 is 0 Å². The molecule has 0 aromatic carbocycles. The predicted molar refractivity (Wildman–Crippen MR) is 35.0 cm³/mol. The summed E-state index contributed by atoms with van der Waals surface area (Å²) in [6, 6.07) is 0. The van der Waals surface area contributed by atoms with E-state index in [4.69, 9.17) is 0 Å². The van der Waals surface area contributed by atoms with Gasteiger partial charge in [-0.2, -0.15) is 0 Å². The zero-order valence-electron chi connectivity index (χ0n) is 5.76. The standard InChI is InChI=1S/C8H12O/c1-5-7-3-2-6(7)4-8(5)9/h5-7H,2-4H2,1H3/t5-,6+,7-/m1/s1. The van der Waals surface area contributed by atoms with Crippen molar-refractivity contribution in [1.29, 1.82) is 0 Å². The maximum Gasteiger partial charge on any atom is 0.136 e. The van der Waals surface area contributed by atoms with E-state index >= 15 is 0 Å². The smallest absolute Gasteiger partial charge is 0.136 e. The summed E-state index contributed by atoms with van der Waals surface area (Å²) >= 11 is 0. The molecule has 9 heavy (non-hydrogen) atoms. The second kappa shape index (κ2) is 1.59. The fourth-order valence-corrected chi connectivity index (χ4v) is 2.19. The molecule has 3 atom stereocenters. The molecule has 2 aliphatic carbocycles. The molecule has 1 heteroatoms. The lowest BCUT2D eigenvalue weighted by Crippen LogP contribution is -2.23. The van der Waals surface area contributed by atoms with E-state index in [9.17, 15) is 4.79 Å². The van der Waals surface area contributed by atoms with Gasteiger partial charge in [-0.05, 0) is 24.7 Å². The van der Waals surface area contributed by atoms with Crippen molar-refractivity contribution in [3.8, 4) is 0 Å². The van der Waals surface area contributed by atoms with E-state index in [1.807, 2.05) is 0 Å². The van der Waals surface area contributed by atoms with Crippen LogP contribution in [0.15, 0.2) is 0 Å². The monoisotopic (exact) mass is 124 g/mol. The number of rotatable bonds is 0. The minimum Gasteiger partial charge on any atom is -0.299 e.